The maximum atomic E-state index is 12.5. The molecule has 0 bridgehead atoms. The number of halogens is 2. The van der Waals surface area contributed by atoms with E-state index in [1.54, 1.807) is 13.9 Å². The zero-order chi connectivity index (χ0) is 6.85. The van der Waals surface area contributed by atoms with Crippen molar-refractivity contribution in [1.29, 1.82) is 0 Å². The second-order valence-electron chi connectivity index (χ2n) is 1.73. The van der Waals surface area contributed by atoms with Crippen LogP contribution in [0.1, 0.15) is 0 Å². The molecule has 0 aliphatic carbocycles. The largest absolute Gasteiger partial charge is 0.242 e. The Morgan fingerprint density at radius 1 is 1.67 bits per heavy atom. The fraction of sp³-hybridized carbons (Fsp3) is 0. The van der Waals surface area contributed by atoms with Gasteiger partial charge >= 0.3 is 0 Å². The highest BCUT2D eigenvalue weighted by molar-refractivity contribution is 6.35. The minimum Gasteiger partial charge on any atom is -0.242 e. The van der Waals surface area contributed by atoms with Crippen molar-refractivity contribution in [2.24, 2.45) is 0 Å². The van der Waals surface area contributed by atoms with Crippen molar-refractivity contribution in [3.8, 4) is 0 Å². The summed E-state index contributed by atoms with van der Waals surface area (Å²) in [5.74, 6) is -0.431. The standard InChI is InChI=1S/C5H4BClFN/c6-3-1-2-9-5(7)4(3)8/h1-2H,6H2. The summed E-state index contributed by atoms with van der Waals surface area (Å²) < 4.78 is 12.5. The van der Waals surface area contributed by atoms with Crippen LogP contribution in [-0.4, -0.2) is 12.8 Å². The van der Waals surface area contributed by atoms with E-state index in [2.05, 4.69) is 4.98 Å². The van der Waals surface area contributed by atoms with E-state index in [0.717, 1.165) is 0 Å². The van der Waals surface area contributed by atoms with Crippen LogP contribution in [0.5, 0.6) is 0 Å². The van der Waals surface area contributed by atoms with Crippen molar-refractivity contribution in [1.82, 2.24) is 4.98 Å². The van der Waals surface area contributed by atoms with E-state index >= 15 is 0 Å². The molecule has 0 spiro atoms. The third-order valence-electron chi connectivity index (χ3n) is 1.04. The lowest BCUT2D eigenvalue weighted by Crippen LogP contribution is -2.08. The summed E-state index contributed by atoms with van der Waals surface area (Å²) in [4.78, 5) is 3.53. The third-order valence-corrected chi connectivity index (χ3v) is 1.30. The molecule has 0 fully saturated rings. The zero-order valence-corrected chi connectivity index (χ0v) is 5.61. The Morgan fingerprint density at radius 3 is 2.78 bits per heavy atom. The maximum Gasteiger partial charge on any atom is 0.164 e. The molecular weight excluding hydrogens is 139 g/mol. The van der Waals surface area contributed by atoms with E-state index in [9.17, 15) is 4.39 Å². The van der Waals surface area contributed by atoms with Gasteiger partial charge in [0.25, 0.3) is 0 Å². The summed E-state index contributed by atoms with van der Waals surface area (Å²) in [6, 6.07) is 1.57. The highest BCUT2D eigenvalue weighted by Crippen LogP contribution is 2.04. The molecular formula is C5H4BClFN. The number of hydrogen-bond acceptors (Lipinski definition) is 1. The first-order valence-electron chi connectivity index (χ1n) is 2.48. The molecule has 0 aliphatic heterocycles. The van der Waals surface area contributed by atoms with Crippen LogP contribution in [0.2, 0.25) is 5.15 Å². The Bertz CT molecular complexity index is 208. The van der Waals surface area contributed by atoms with Crippen LogP contribution >= 0.6 is 11.6 Å². The lowest BCUT2D eigenvalue weighted by Gasteiger charge is -1.93. The molecule has 46 valence electrons. The van der Waals surface area contributed by atoms with Gasteiger partial charge in [0, 0.05) is 6.20 Å². The van der Waals surface area contributed by atoms with Crippen LogP contribution in [0.3, 0.4) is 0 Å². The van der Waals surface area contributed by atoms with Crippen molar-refractivity contribution < 1.29 is 4.39 Å². The molecule has 4 heteroatoms. The minimum absolute atomic E-state index is 0.0602. The molecule has 0 saturated heterocycles. The van der Waals surface area contributed by atoms with Gasteiger partial charge in [0.1, 0.15) is 7.85 Å². The summed E-state index contributed by atoms with van der Waals surface area (Å²) in [6.07, 6.45) is 1.47. The number of aromatic nitrogens is 1. The average molecular weight is 143 g/mol. The molecule has 1 rings (SSSR count). The molecule has 1 nitrogen and oxygen atoms in total. The van der Waals surface area contributed by atoms with Crippen LogP contribution in [0.15, 0.2) is 12.3 Å². The van der Waals surface area contributed by atoms with Gasteiger partial charge in [-0.1, -0.05) is 11.6 Å². The van der Waals surface area contributed by atoms with E-state index in [4.69, 9.17) is 11.6 Å². The molecule has 9 heavy (non-hydrogen) atoms. The Kier molecular flexibility index (Phi) is 1.71. The Labute approximate surface area is 58.3 Å². The molecule has 0 aliphatic rings. The maximum absolute atomic E-state index is 12.5. The van der Waals surface area contributed by atoms with Crippen LogP contribution in [0.4, 0.5) is 4.39 Å². The van der Waals surface area contributed by atoms with Gasteiger partial charge in [0.15, 0.2) is 11.0 Å². The minimum atomic E-state index is -0.431. The fourth-order valence-corrected chi connectivity index (χ4v) is 0.712. The summed E-state index contributed by atoms with van der Waals surface area (Å²) in [5, 5.41) is -0.0602. The first-order valence-corrected chi connectivity index (χ1v) is 2.86. The van der Waals surface area contributed by atoms with Gasteiger partial charge < -0.3 is 0 Å². The fourth-order valence-electron chi connectivity index (χ4n) is 0.507. The number of rotatable bonds is 0. The quantitative estimate of drug-likeness (QED) is 0.372. The van der Waals surface area contributed by atoms with Crippen molar-refractivity contribution in [3.63, 3.8) is 0 Å². The number of hydrogen-bond donors (Lipinski definition) is 0. The normalized spacial score (nSPS) is 9.56. The van der Waals surface area contributed by atoms with Gasteiger partial charge in [0.2, 0.25) is 0 Å². The SMILES string of the molecule is Bc1ccnc(Cl)c1F. The van der Waals surface area contributed by atoms with Gasteiger partial charge in [0.05, 0.1) is 0 Å². The van der Waals surface area contributed by atoms with Gasteiger partial charge in [-0.25, -0.2) is 9.37 Å². The predicted molar refractivity (Wildman–Crippen MR) is 37.4 cm³/mol. The molecule has 1 aromatic rings. The summed E-state index contributed by atoms with van der Waals surface area (Å²) in [6.45, 7) is 0. The van der Waals surface area contributed by atoms with Crippen molar-refractivity contribution in [2.45, 2.75) is 0 Å². The molecule has 0 atom stereocenters. The lowest BCUT2D eigenvalue weighted by atomic mass is 9.98. The molecule has 1 aromatic heterocycles. The van der Waals surface area contributed by atoms with Crippen LogP contribution in [0.25, 0.3) is 0 Å². The molecule has 0 aromatic carbocycles. The monoisotopic (exact) mass is 143 g/mol. The smallest absolute Gasteiger partial charge is 0.164 e. The molecule has 0 saturated carbocycles. The summed E-state index contributed by atoms with van der Waals surface area (Å²) in [7, 11) is 1.64. The van der Waals surface area contributed by atoms with Gasteiger partial charge in [-0.2, -0.15) is 0 Å². The van der Waals surface area contributed by atoms with Crippen molar-refractivity contribution in [2.75, 3.05) is 0 Å². The summed E-state index contributed by atoms with van der Waals surface area (Å²) >= 11 is 5.33. The lowest BCUT2D eigenvalue weighted by molar-refractivity contribution is 0.630. The number of nitrogens with zero attached hydrogens (tertiary/aromatic N) is 1. The van der Waals surface area contributed by atoms with Crippen molar-refractivity contribution >= 4 is 24.9 Å². The van der Waals surface area contributed by atoms with Crippen LogP contribution in [0, 0.1) is 5.82 Å². The number of pyridine rings is 1. The van der Waals surface area contributed by atoms with Crippen LogP contribution < -0.4 is 5.46 Å². The topological polar surface area (TPSA) is 12.9 Å². The highest BCUT2D eigenvalue weighted by atomic mass is 35.5. The first kappa shape index (κ1) is 6.55. The van der Waals surface area contributed by atoms with E-state index in [-0.39, 0.29) is 5.15 Å². The van der Waals surface area contributed by atoms with E-state index < -0.39 is 5.82 Å². The van der Waals surface area contributed by atoms with E-state index in [1.165, 1.54) is 6.20 Å². The van der Waals surface area contributed by atoms with Crippen LogP contribution in [-0.2, 0) is 0 Å². The van der Waals surface area contributed by atoms with Gasteiger partial charge in [-0.05, 0) is 11.5 Å². The molecule has 0 unspecified atom stereocenters. The van der Waals surface area contributed by atoms with Gasteiger partial charge in [-0.3, -0.25) is 0 Å². The second kappa shape index (κ2) is 2.35. The zero-order valence-electron chi connectivity index (χ0n) is 4.86. The Morgan fingerprint density at radius 2 is 2.33 bits per heavy atom. The van der Waals surface area contributed by atoms with E-state index in [0.29, 0.717) is 5.46 Å². The highest BCUT2D eigenvalue weighted by Gasteiger charge is 2.00. The second-order valence-corrected chi connectivity index (χ2v) is 2.09. The Balaban J connectivity index is 3.25. The predicted octanol–water partition coefficient (Wildman–Crippen LogP) is 0.132. The Hall–Kier alpha value is -0.565. The average Bonchev–Trinajstić information content (AvgIpc) is 1.83. The summed E-state index contributed by atoms with van der Waals surface area (Å²) in [5.41, 5.74) is 0.523. The molecule has 1 heterocycles. The van der Waals surface area contributed by atoms with Crippen molar-refractivity contribution in [3.05, 3.63) is 23.2 Å². The first-order chi connectivity index (χ1) is 4.22. The molecule has 0 N–H and O–H groups in total. The third kappa shape index (κ3) is 1.22. The molecule has 0 radical (unpaired) electrons. The van der Waals surface area contributed by atoms with Gasteiger partial charge in [-0.15, -0.1) is 0 Å². The molecule has 0 amide bonds. The van der Waals surface area contributed by atoms with E-state index in [1.807, 2.05) is 0 Å².